The second kappa shape index (κ2) is 60.4. The fourth-order valence-corrected chi connectivity index (χ4v) is 18.7. The third-order valence-corrected chi connectivity index (χ3v) is 26.4. The zero-order chi connectivity index (χ0) is 107. The minimum absolute atomic E-state index is 0.00463. The molecule has 6 heterocycles. The summed E-state index contributed by atoms with van der Waals surface area (Å²) in [5.74, 6) is -17.3. The zero-order valence-corrected chi connectivity index (χ0v) is 83.4. The van der Waals surface area contributed by atoms with Crippen LogP contribution in [0.5, 0.6) is 0 Å². The van der Waals surface area contributed by atoms with Gasteiger partial charge in [-0.25, -0.2) is 4.79 Å². The van der Waals surface area contributed by atoms with Crippen molar-refractivity contribution in [3.05, 3.63) is 0 Å². The van der Waals surface area contributed by atoms with Gasteiger partial charge in [-0.1, -0.05) is 34.1 Å². The Morgan fingerprint density at radius 2 is 0.545 bits per heavy atom. The first kappa shape index (κ1) is 120. The van der Waals surface area contributed by atoms with E-state index >= 15 is 38.4 Å². The molecule has 6 aliphatic heterocycles. The molecule has 0 aromatic rings. The van der Waals surface area contributed by atoms with Gasteiger partial charge in [0.15, 0.2) is 41.7 Å². The highest BCUT2D eigenvalue weighted by atomic mass is 16.4. The largest absolute Gasteiger partial charge is 0.481 e. The van der Waals surface area contributed by atoms with Gasteiger partial charge in [-0.3, -0.25) is 115 Å². The molecule has 6 rings (SSSR count). The smallest absolute Gasteiger partial charge is 0.326 e. The van der Waals surface area contributed by atoms with E-state index in [1.165, 1.54) is 29.4 Å². The standard InChI is InChI=1S/C89H157N37O19/c1-5-49(4)66(120-69(131)52(20-7-35-106-84(93)94)112-67(129)50(90)32-33-65(127)128)75(137)117-56(24-11-39-110-88(101)102)78(140)122-42-14-27-60(122)72(134)116-55(23-10-38-109-87(99)100)79(141)126-46-18-31-64(126)81(143)125-45-17-30-63(125)70(132)113-51(19-6-34-105-83(91)92)68(130)119-58(47-48(2)3)80(142)124-44-16-28-61(124)73(135)115-53(21-8-36-107-85(95)96)76(138)121-41-13-26-59(121)71(133)114-54(22-9-37-108-86(97)98)77(139)123-43-15-29-62(123)74(136)118-57(82(144)145)25-12-40-111-89(103)104/h48-64,66H,5-47,90H2,1-4H3,(H,112,129)(H,113,132)(H,114,133)(H,115,135)(H,116,134)(H,117,137)(H,118,136)(H,119,130)(H,120,131)(H,127,128)(H,144,145)(H4,91,92,105)(H4,93,94,106)(H4,95,96,107)(H4,97,98,108)(H4,99,100,109)(H4,101,102,110)(H4,103,104,111)/t49-,50-,51-,52-,53-,54-,55-,56-,57-,58-,59-,60-,61-,62-,63-,64-,66-/m0/s1. The number of likely N-dealkylation sites (tertiary alicyclic amines) is 6. The van der Waals surface area contributed by atoms with Crippen LogP contribution in [0, 0.1) is 49.7 Å². The van der Waals surface area contributed by atoms with Gasteiger partial charge in [-0.2, -0.15) is 0 Å². The van der Waals surface area contributed by atoms with Crippen molar-refractivity contribution in [3.63, 3.8) is 0 Å². The third kappa shape index (κ3) is 38.8. The van der Waals surface area contributed by atoms with Crippen LogP contribution in [0.1, 0.15) is 220 Å². The SMILES string of the molecule is CC[C@H](C)[C@H](NC(=O)[C@H](CCCNC(=N)N)NC(=O)[C@@H](N)CCC(=O)O)C(=O)N[C@@H](CCCNC(=N)N)C(=O)N1CCC[C@H]1C(=O)N[C@@H](CCCNC(=N)N)C(=O)N1CCC[C@H]1C(=O)N1CCC[C@H]1C(=O)N[C@@H](CCCNC(=N)N)C(=O)N[C@@H](CC(C)C)C(=O)N1CCC[C@H]1C(=O)N[C@@H](CCCNC(=N)N)C(=O)N1CCC[C@H]1C(=O)N[C@@H](CCCNC(=N)N)C(=O)N1CCC[C@H]1C(=O)N[C@@H](CCCNC(=N)N)C(=O)O. The number of carboxylic acids is 2. The van der Waals surface area contributed by atoms with Crippen LogP contribution in [0.15, 0.2) is 0 Å². The Balaban J connectivity index is 1.19. The second-order valence-corrected chi connectivity index (χ2v) is 37.9. The average Bonchev–Trinajstić information content (AvgIpc) is 1.67. The van der Waals surface area contributed by atoms with E-state index in [1.807, 2.05) is 0 Å². The number of carbonyl (C=O) groups is 17. The van der Waals surface area contributed by atoms with E-state index in [9.17, 15) is 53.4 Å². The van der Waals surface area contributed by atoms with Gasteiger partial charge in [-0.15, -0.1) is 0 Å². The van der Waals surface area contributed by atoms with Crippen molar-refractivity contribution in [3.8, 4) is 0 Å². The molecule has 41 N–H and O–H groups in total. The van der Waals surface area contributed by atoms with Gasteiger partial charge in [0.25, 0.3) is 0 Å². The summed E-state index contributed by atoms with van der Waals surface area (Å²) in [4.78, 5) is 253. The maximum atomic E-state index is 15.3. The molecule has 812 valence electrons. The Kier molecular flexibility index (Phi) is 49.8. The van der Waals surface area contributed by atoms with Crippen LogP contribution in [0.25, 0.3) is 0 Å². The normalized spacial score (nSPS) is 19.7. The summed E-state index contributed by atoms with van der Waals surface area (Å²) in [6.45, 7) is 7.68. The zero-order valence-electron chi connectivity index (χ0n) is 83.4. The van der Waals surface area contributed by atoms with Crippen molar-refractivity contribution in [2.75, 3.05) is 85.1 Å². The number of carbonyl (C=O) groups excluding carboxylic acids is 15. The molecule has 0 spiro atoms. The fourth-order valence-electron chi connectivity index (χ4n) is 18.7. The Hall–Kier alpha value is -14.2. The van der Waals surface area contributed by atoms with Crippen LogP contribution >= 0.6 is 0 Å². The fraction of sp³-hybridized carbons (Fsp3) is 0.730. The molecule has 145 heavy (non-hydrogen) atoms. The number of guanidine groups is 7. The summed E-state index contributed by atoms with van der Waals surface area (Å²) in [5, 5.41) is 116. The van der Waals surface area contributed by atoms with Crippen LogP contribution in [0.3, 0.4) is 0 Å². The number of rotatable bonds is 60. The molecule has 0 bridgehead atoms. The molecule has 0 saturated carbocycles. The van der Waals surface area contributed by atoms with E-state index in [-0.39, 0.29) is 281 Å². The first-order chi connectivity index (χ1) is 68.7. The predicted molar refractivity (Wildman–Crippen MR) is 531 cm³/mol. The topological polar surface area (TPSA) is 918 Å². The molecular formula is C89H157N37O19. The van der Waals surface area contributed by atoms with Crippen molar-refractivity contribution in [1.82, 2.24) is 114 Å². The van der Waals surface area contributed by atoms with Crippen LogP contribution in [-0.2, 0) is 81.5 Å². The number of carboxylic acid groups (broad SMARTS) is 2. The lowest BCUT2D eigenvalue weighted by Crippen LogP contribution is -2.61. The number of nitrogens with two attached hydrogens (primary N) is 8. The molecule has 56 heteroatoms. The van der Waals surface area contributed by atoms with Gasteiger partial charge in [0.1, 0.15) is 90.6 Å². The van der Waals surface area contributed by atoms with Crippen molar-refractivity contribution >= 4 is 142 Å². The van der Waals surface area contributed by atoms with E-state index in [1.54, 1.807) is 27.7 Å². The minimum atomic E-state index is -1.43. The lowest BCUT2D eigenvalue weighted by molar-refractivity contribution is -0.148. The Morgan fingerprint density at radius 1 is 0.303 bits per heavy atom. The van der Waals surface area contributed by atoms with E-state index in [0.29, 0.717) is 32.1 Å². The molecule has 0 aliphatic carbocycles. The summed E-state index contributed by atoms with van der Waals surface area (Å²) < 4.78 is 0. The molecule has 0 radical (unpaired) electrons. The lowest BCUT2D eigenvalue weighted by Gasteiger charge is -2.34. The van der Waals surface area contributed by atoms with Gasteiger partial charge in [-0.05, 0) is 192 Å². The summed E-state index contributed by atoms with van der Waals surface area (Å²) in [6.07, 6.45) is 2.48. The number of hydrogen-bond donors (Lipinski definition) is 33. The number of nitrogens with zero attached hydrogens (tertiary/aromatic N) is 6. The highest BCUT2D eigenvalue weighted by Gasteiger charge is 2.49. The van der Waals surface area contributed by atoms with Crippen molar-refractivity contribution < 1.29 is 91.7 Å². The van der Waals surface area contributed by atoms with Crippen molar-refractivity contribution in [2.24, 2.45) is 57.7 Å². The van der Waals surface area contributed by atoms with Crippen LogP contribution < -0.4 is 131 Å². The summed E-state index contributed by atoms with van der Waals surface area (Å²) in [7, 11) is 0. The van der Waals surface area contributed by atoms with Gasteiger partial charge in [0.05, 0.1) is 6.04 Å². The third-order valence-electron chi connectivity index (χ3n) is 26.4. The van der Waals surface area contributed by atoms with Gasteiger partial charge in [0, 0.05) is 91.5 Å². The molecule has 0 aromatic carbocycles. The van der Waals surface area contributed by atoms with E-state index in [2.05, 4.69) is 85.1 Å². The van der Waals surface area contributed by atoms with Crippen molar-refractivity contribution in [2.45, 2.75) is 317 Å². The monoisotopic (exact) mass is 2050 g/mol. The Bertz CT molecular complexity index is 4550. The average molecular weight is 2050 g/mol. The quantitative estimate of drug-likeness (QED) is 0.0153. The van der Waals surface area contributed by atoms with E-state index < -0.39 is 216 Å². The summed E-state index contributed by atoms with van der Waals surface area (Å²) in [6, 6.07) is -20.9. The van der Waals surface area contributed by atoms with Crippen LogP contribution in [-0.4, -0.2) is 364 Å². The second-order valence-electron chi connectivity index (χ2n) is 37.9. The summed E-state index contributed by atoms with van der Waals surface area (Å²) >= 11 is 0. The molecule has 17 atom stereocenters. The lowest BCUT2D eigenvalue weighted by atomic mass is 9.96. The first-order valence-electron chi connectivity index (χ1n) is 50.1. The maximum absolute atomic E-state index is 15.3. The van der Waals surface area contributed by atoms with Crippen LogP contribution in [0.2, 0.25) is 0 Å². The molecule has 0 unspecified atom stereocenters. The number of nitrogens with one attached hydrogen (secondary N) is 23. The molecule has 0 aromatic heterocycles. The van der Waals surface area contributed by atoms with Gasteiger partial charge >= 0.3 is 11.9 Å². The van der Waals surface area contributed by atoms with Crippen molar-refractivity contribution in [1.29, 1.82) is 37.9 Å². The molecule has 6 saturated heterocycles. The highest BCUT2D eigenvalue weighted by Crippen LogP contribution is 2.31. The Morgan fingerprint density at radius 3 is 0.848 bits per heavy atom. The molecule has 56 nitrogen and oxygen atoms in total. The van der Waals surface area contributed by atoms with E-state index in [4.69, 9.17) is 83.7 Å². The number of amides is 15. The maximum Gasteiger partial charge on any atom is 0.326 e. The summed E-state index contributed by atoms with van der Waals surface area (Å²) in [5.41, 5.74) is 44.9. The molecule has 6 aliphatic rings. The Labute approximate surface area is 842 Å². The minimum Gasteiger partial charge on any atom is -0.481 e. The number of aliphatic carboxylic acids is 2. The van der Waals surface area contributed by atoms with Gasteiger partial charge in [0.2, 0.25) is 88.6 Å². The first-order valence-corrected chi connectivity index (χ1v) is 50.1. The van der Waals surface area contributed by atoms with Crippen LogP contribution in [0.4, 0.5) is 0 Å². The highest BCUT2D eigenvalue weighted by molar-refractivity contribution is 6.02. The van der Waals surface area contributed by atoms with Gasteiger partial charge < -0.3 is 171 Å². The number of hydrogen-bond acceptors (Lipinski definition) is 25. The molecular weight excluding hydrogens is 1890 g/mol. The predicted octanol–water partition coefficient (Wildman–Crippen LogP) is -8.49. The molecule has 15 amide bonds. The van der Waals surface area contributed by atoms with E-state index in [0.717, 1.165) is 0 Å². The molecule has 6 fully saturated rings.